The van der Waals surface area contributed by atoms with Gasteiger partial charge in [0.05, 0.1) is 18.8 Å². The molecule has 0 aliphatic rings. The van der Waals surface area contributed by atoms with Crippen molar-refractivity contribution in [1.29, 1.82) is 0 Å². The number of hydrogen-bond acceptors (Lipinski definition) is 4. The fourth-order valence-electron chi connectivity index (χ4n) is 6.26. The predicted octanol–water partition coefficient (Wildman–Crippen LogP) is 11.4. The van der Waals surface area contributed by atoms with Crippen LogP contribution >= 0.6 is 0 Å². The zero-order valence-electron chi connectivity index (χ0n) is 31.4. The number of aliphatic hydroxyl groups is 3. The molecule has 0 aromatic carbocycles. The number of aliphatic hydroxyl groups excluding tert-OH is 3. The first-order chi connectivity index (χ1) is 23.1. The van der Waals surface area contributed by atoms with E-state index in [4.69, 9.17) is 0 Å². The van der Waals surface area contributed by atoms with Crippen LogP contribution in [0.15, 0.2) is 24.3 Å². The summed E-state index contributed by atoms with van der Waals surface area (Å²) in [7, 11) is 0. The number of hydrogen-bond donors (Lipinski definition) is 4. The van der Waals surface area contributed by atoms with Crippen LogP contribution in [-0.2, 0) is 4.79 Å². The van der Waals surface area contributed by atoms with Gasteiger partial charge in [-0.25, -0.2) is 0 Å². The number of rotatable bonds is 37. The molecule has 0 saturated heterocycles. The summed E-state index contributed by atoms with van der Waals surface area (Å²) in [5.41, 5.74) is 0. The van der Waals surface area contributed by atoms with Crippen molar-refractivity contribution >= 4 is 5.91 Å². The molecule has 5 nitrogen and oxygen atoms in total. The second-order valence-corrected chi connectivity index (χ2v) is 14.2. The van der Waals surface area contributed by atoms with Gasteiger partial charge in [0.15, 0.2) is 0 Å². The highest BCUT2D eigenvalue weighted by Crippen LogP contribution is 2.16. The van der Waals surface area contributed by atoms with E-state index >= 15 is 0 Å². The van der Waals surface area contributed by atoms with E-state index in [9.17, 15) is 20.1 Å². The van der Waals surface area contributed by atoms with Gasteiger partial charge in [-0.05, 0) is 32.1 Å². The Kier molecular flexibility index (Phi) is 36.7. The lowest BCUT2D eigenvalue weighted by Gasteiger charge is -2.21. The van der Waals surface area contributed by atoms with Gasteiger partial charge >= 0.3 is 0 Å². The Morgan fingerprint density at radius 3 is 1.30 bits per heavy atom. The summed E-state index contributed by atoms with van der Waals surface area (Å²) in [4.78, 5) is 12.4. The maximum absolute atomic E-state index is 12.4. The van der Waals surface area contributed by atoms with E-state index in [1.807, 2.05) is 6.08 Å². The molecular formula is C42H81NO4. The number of amides is 1. The summed E-state index contributed by atoms with van der Waals surface area (Å²) in [5.74, 6) is -0.511. The molecule has 0 bridgehead atoms. The summed E-state index contributed by atoms with van der Waals surface area (Å²) in [6.07, 6.45) is 44.9. The lowest BCUT2D eigenvalue weighted by molar-refractivity contribution is -0.131. The van der Waals surface area contributed by atoms with E-state index < -0.39 is 24.2 Å². The third kappa shape index (κ3) is 33.1. The highest BCUT2D eigenvalue weighted by atomic mass is 16.3. The third-order valence-corrected chi connectivity index (χ3v) is 9.54. The molecule has 0 heterocycles. The smallest absolute Gasteiger partial charge is 0.249 e. The fraction of sp³-hybridized carbons (Fsp3) is 0.881. The SMILES string of the molecule is CCCCCCCCCC=CCCC=CC(O)C(CO)NC(=O)C(O)CCCCCCCCCCCCCCCCCCCCCC. The Morgan fingerprint density at radius 1 is 0.511 bits per heavy atom. The molecule has 47 heavy (non-hydrogen) atoms. The van der Waals surface area contributed by atoms with Crippen LogP contribution in [0.3, 0.4) is 0 Å². The van der Waals surface area contributed by atoms with Crippen molar-refractivity contribution in [2.24, 2.45) is 0 Å². The maximum atomic E-state index is 12.4. The number of unbranched alkanes of at least 4 members (excludes halogenated alkanes) is 27. The molecule has 0 aromatic rings. The van der Waals surface area contributed by atoms with Gasteiger partial charge in [-0.3, -0.25) is 4.79 Å². The van der Waals surface area contributed by atoms with Gasteiger partial charge in [0.1, 0.15) is 6.10 Å². The second kappa shape index (κ2) is 37.6. The van der Waals surface area contributed by atoms with Crippen LogP contribution in [0, 0.1) is 0 Å². The first-order valence-electron chi connectivity index (χ1n) is 20.7. The van der Waals surface area contributed by atoms with E-state index in [1.165, 1.54) is 154 Å². The summed E-state index contributed by atoms with van der Waals surface area (Å²) >= 11 is 0. The zero-order chi connectivity index (χ0) is 34.5. The Bertz CT molecular complexity index is 694. The molecule has 1 amide bonds. The van der Waals surface area contributed by atoms with Gasteiger partial charge in [0.2, 0.25) is 5.91 Å². The highest BCUT2D eigenvalue weighted by molar-refractivity contribution is 5.80. The molecule has 0 radical (unpaired) electrons. The molecular weight excluding hydrogens is 582 g/mol. The normalized spacial score (nSPS) is 13.9. The highest BCUT2D eigenvalue weighted by Gasteiger charge is 2.22. The van der Waals surface area contributed by atoms with Crippen LogP contribution in [0.2, 0.25) is 0 Å². The molecule has 0 aliphatic heterocycles. The second-order valence-electron chi connectivity index (χ2n) is 14.2. The Labute approximate surface area is 292 Å². The lowest BCUT2D eigenvalue weighted by Crippen LogP contribution is -2.48. The topological polar surface area (TPSA) is 89.8 Å². The first kappa shape index (κ1) is 45.8. The van der Waals surface area contributed by atoms with E-state index in [0.717, 1.165) is 38.5 Å². The number of allylic oxidation sites excluding steroid dienone is 3. The van der Waals surface area contributed by atoms with Gasteiger partial charge < -0.3 is 20.6 Å². The van der Waals surface area contributed by atoms with E-state index in [1.54, 1.807) is 6.08 Å². The lowest BCUT2D eigenvalue weighted by atomic mass is 10.0. The van der Waals surface area contributed by atoms with Gasteiger partial charge in [-0.2, -0.15) is 0 Å². The van der Waals surface area contributed by atoms with Crippen LogP contribution in [0.25, 0.3) is 0 Å². The fourth-order valence-corrected chi connectivity index (χ4v) is 6.26. The molecule has 3 atom stereocenters. The van der Waals surface area contributed by atoms with E-state index in [2.05, 4.69) is 31.3 Å². The number of carbonyl (C=O) groups is 1. The van der Waals surface area contributed by atoms with Gasteiger partial charge in [-0.15, -0.1) is 0 Å². The Balaban J connectivity index is 3.68. The third-order valence-electron chi connectivity index (χ3n) is 9.54. The first-order valence-corrected chi connectivity index (χ1v) is 20.7. The van der Waals surface area contributed by atoms with Crippen LogP contribution in [0.4, 0.5) is 0 Å². The molecule has 278 valence electrons. The van der Waals surface area contributed by atoms with Crippen LogP contribution in [0.5, 0.6) is 0 Å². The molecule has 0 aliphatic carbocycles. The molecule has 0 fully saturated rings. The largest absolute Gasteiger partial charge is 0.394 e. The van der Waals surface area contributed by atoms with E-state index in [0.29, 0.717) is 6.42 Å². The maximum Gasteiger partial charge on any atom is 0.249 e. The summed E-state index contributed by atoms with van der Waals surface area (Å²) < 4.78 is 0. The zero-order valence-corrected chi connectivity index (χ0v) is 31.4. The molecule has 0 saturated carbocycles. The van der Waals surface area contributed by atoms with Crippen LogP contribution in [-0.4, -0.2) is 46.1 Å². The Morgan fingerprint density at radius 2 is 0.872 bits per heavy atom. The average molecular weight is 664 g/mol. The minimum absolute atomic E-state index is 0.373. The number of nitrogens with one attached hydrogen (secondary N) is 1. The van der Waals surface area contributed by atoms with Gasteiger partial charge in [0, 0.05) is 0 Å². The molecule has 0 rings (SSSR count). The average Bonchev–Trinajstić information content (AvgIpc) is 3.07. The quantitative estimate of drug-likeness (QED) is 0.0393. The summed E-state index contributed by atoms with van der Waals surface area (Å²) in [6.45, 7) is 4.16. The van der Waals surface area contributed by atoms with Gasteiger partial charge in [-0.1, -0.05) is 205 Å². The molecule has 5 heteroatoms. The van der Waals surface area contributed by atoms with Crippen molar-refractivity contribution in [3.05, 3.63) is 24.3 Å². The minimum Gasteiger partial charge on any atom is -0.394 e. The van der Waals surface area contributed by atoms with Crippen molar-refractivity contribution in [1.82, 2.24) is 5.32 Å². The summed E-state index contributed by atoms with van der Waals surface area (Å²) in [5, 5.41) is 33.0. The monoisotopic (exact) mass is 664 g/mol. The molecule has 3 unspecified atom stereocenters. The molecule has 0 spiro atoms. The van der Waals surface area contributed by atoms with Crippen molar-refractivity contribution in [3.8, 4) is 0 Å². The van der Waals surface area contributed by atoms with Crippen molar-refractivity contribution in [2.45, 2.75) is 231 Å². The number of carbonyl (C=O) groups excluding carboxylic acids is 1. The van der Waals surface area contributed by atoms with Crippen molar-refractivity contribution < 1.29 is 20.1 Å². The molecule has 0 aromatic heterocycles. The Hall–Kier alpha value is -1.17. The predicted molar refractivity (Wildman–Crippen MR) is 204 cm³/mol. The van der Waals surface area contributed by atoms with Crippen LogP contribution < -0.4 is 5.32 Å². The van der Waals surface area contributed by atoms with Crippen LogP contribution in [0.1, 0.15) is 213 Å². The van der Waals surface area contributed by atoms with Gasteiger partial charge in [0.25, 0.3) is 0 Å². The summed E-state index contributed by atoms with van der Waals surface area (Å²) in [6, 6.07) is -0.809. The molecule has 4 N–H and O–H groups in total. The van der Waals surface area contributed by atoms with E-state index in [-0.39, 0.29) is 6.61 Å². The standard InChI is InChI=1S/C42H81NO4/c1-3-5-7-9-11-13-15-17-18-19-20-21-22-23-25-27-29-31-33-35-37-41(46)42(47)43-39(38-44)40(45)36-34-32-30-28-26-24-16-14-12-10-8-6-4-2/h26,28,34,36,39-41,44-46H,3-25,27,29-33,35,37-38H2,1-2H3,(H,43,47). The van der Waals surface area contributed by atoms with Crippen molar-refractivity contribution in [3.63, 3.8) is 0 Å². The van der Waals surface area contributed by atoms with Crippen molar-refractivity contribution in [2.75, 3.05) is 6.61 Å². The minimum atomic E-state index is -1.10.